The number of rotatable bonds is 1. The van der Waals surface area contributed by atoms with E-state index in [-0.39, 0.29) is 9.92 Å². The van der Waals surface area contributed by atoms with Crippen molar-refractivity contribution in [1.82, 2.24) is 0 Å². The van der Waals surface area contributed by atoms with E-state index in [1.165, 1.54) is 0 Å². The van der Waals surface area contributed by atoms with Crippen molar-refractivity contribution in [3.05, 3.63) is 32.8 Å². The molecule has 0 N–H and O–H groups in total. The molecule has 1 aromatic rings. The molecule has 0 fully saturated rings. The lowest BCUT2D eigenvalue weighted by Gasteiger charge is -2.08. The number of nitro benzene ring substituents is 1. The molecule has 0 heterocycles. The third-order valence-corrected chi connectivity index (χ3v) is 2.38. The van der Waals surface area contributed by atoms with Gasteiger partial charge < -0.3 is 0 Å². The van der Waals surface area contributed by atoms with E-state index < -0.39 is 22.4 Å². The van der Waals surface area contributed by atoms with Crippen LogP contribution in [0.4, 0.5) is 18.9 Å². The Labute approximate surface area is 92.4 Å². The summed E-state index contributed by atoms with van der Waals surface area (Å²) in [7, 11) is 0. The molecule has 0 unspecified atom stereocenters. The quantitative estimate of drug-likeness (QED) is 0.475. The van der Waals surface area contributed by atoms with Gasteiger partial charge in [0.25, 0.3) is 5.69 Å². The molecule has 0 spiro atoms. The topological polar surface area (TPSA) is 43.1 Å². The summed E-state index contributed by atoms with van der Waals surface area (Å²) in [6, 6.07) is 1.16. The lowest BCUT2D eigenvalue weighted by Crippen LogP contribution is -2.09. The van der Waals surface area contributed by atoms with E-state index in [1.807, 2.05) is 0 Å². The highest BCUT2D eigenvalue weighted by molar-refractivity contribution is 7.80. The van der Waals surface area contributed by atoms with Gasteiger partial charge in [-0.3, -0.25) is 10.1 Å². The average molecular weight is 258 g/mol. The van der Waals surface area contributed by atoms with Crippen LogP contribution in [0.25, 0.3) is 0 Å². The molecule has 0 aliphatic heterocycles. The molecule has 3 nitrogen and oxygen atoms in total. The first-order chi connectivity index (χ1) is 6.73. The van der Waals surface area contributed by atoms with Crippen LogP contribution in [0, 0.1) is 10.1 Å². The van der Waals surface area contributed by atoms with Crippen LogP contribution in [0.1, 0.15) is 5.56 Å². The summed E-state index contributed by atoms with van der Waals surface area (Å²) < 4.78 is 37.0. The maximum Gasteiger partial charge on any atom is 0.423 e. The smallest absolute Gasteiger partial charge is 0.258 e. The van der Waals surface area contributed by atoms with Crippen molar-refractivity contribution in [2.75, 3.05) is 0 Å². The van der Waals surface area contributed by atoms with E-state index >= 15 is 0 Å². The Morgan fingerprint density at radius 2 is 1.93 bits per heavy atom. The van der Waals surface area contributed by atoms with Crippen LogP contribution in [0.5, 0.6) is 0 Å². The van der Waals surface area contributed by atoms with Gasteiger partial charge in [-0.15, -0.1) is 12.6 Å². The lowest BCUT2D eigenvalue weighted by molar-refractivity contribution is -0.388. The number of nitro groups is 1. The summed E-state index contributed by atoms with van der Waals surface area (Å²) in [6.45, 7) is 0. The van der Waals surface area contributed by atoms with E-state index in [4.69, 9.17) is 11.6 Å². The van der Waals surface area contributed by atoms with E-state index in [0.29, 0.717) is 12.1 Å². The van der Waals surface area contributed by atoms with Crippen molar-refractivity contribution < 1.29 is 18.1 Å². The second-order valence-electron chi connectivity index (χ2n) is 2.58. The number of halogens is 4. The second kappa shape index (κ2) is 3.90. The number of thiol groups is 1. The molecular formula is C7H3ClF3NO2S. The van der Waals surface area contributed by atoms with Crippen LogP contribution in [-0.4, -0.2) is 4.92 Å². The number of alkyl halides is 3. The summed E-state index contributed by atoms with van der Waals surface area (Å²) in [6.07, 6.45) is -4.80. The fourth-order valence-electron chi connectivity index (χ4n) is 0.929. The van der Waals surface area contributed by atoms with Crippen LogP contribution >= 0.6 is 24.2 Å². The molecule has 0 aromatic heterocycles. The maximum atomic E-state index is 12.3. The zero-order valence-electron chi connectivity index (χ0n) is 6.88. The van der Waals surface area contributed by atoms with Gasteiger partial charge in [-0.05, 0) is 6.07 Å². The van der Waals surface area contributed by atoms with Crippen molar-refractivity contribution >= 4 is 29.9 Å². The Morgan fingerprint density at radius 3 is 2.33 bits per heavy atom. The van der Waals surface area contributed by atoms with Crippen molar-refractivity contribution in [3.8, 4) is 0 Å². The van der Waals surface area contributed by atoms with Gasteiger partial charge in [0.15, 0.2) is 0 Å². The van der Waals surface area contributed by atoms with Crippen LogP contribution in [0.2, 0.25) is 5.02 Å². The van der Waals surface area contributed by atoms with Crippen LogP contribution in [0.15, 0.2) is 17.0 Å². The maximum absolute atomic E-state index is 12.3. The summed E-state index contributed by atoms with van der Waals surface area (Å²) in [5.41, 5.74) is -2.44. The van der Waals surface area contributed by atoms with Gasteiger partial charge in [0.05, 0.1) is 9.95 Å². The van der Waals surface area contributed by atoms with Gasteiger partial charge in [0, 0.05) is 11.0 Å². The molecule has 0 amide bonds. The molecule has 82 valence electrons. The van der Waals surface area contributed by atoms with Crippen LogP contribution < -0.4 is 0 Å². The van der Waals surface area contributed by atoms with Crippen molar-refractivity contribution in [3.63, 3.8) is 0 Å². The predicted octanol–water partition coefficient (Wildman–Crippen LogP) is 3.56. The van der Waals surface area contributed by atoms with Crippen LogP contribution in [-0.2, 0) is 6.18 Å². The molecule has 8 heteroatoms. The van der Waals surface area contributed by atoms with Gasteiger partial charge in [-0.1, -0.05) is 11.6 Å². The van der Waals surface area contributed by atoms with Crippen molar-refractivity contribution in [2.24, 2.45) is 0 Å². The molecule has 0 saturated heterocycles. The zero-order chi connectivity index (χ0) is 11.8. The first kappa shape index (κ1) is 12.1. The molecule has 0 bridgehead atoms. The first-order valence-corrected chi connectivity index (χ1v) is 4.30. The standard InChI is InChI=1S/C7H3ClF3NO2S/c8-4-2-5(12(13)14)3(1-6(4)15)7(9,10)11/h1-2,15H. The largest absolute Gasteiger partial charge is 0.423 e. The summed E-state index contributed by atoms with van der Waals surface area (Å²) in [5, 5.41) is 10.2. The molecule has 15 heavy (non-hydrogen) atoms. The summed E-state index contributed by atoms with van der Waals surface area (Å²) in [5.74, 6) is 0. The molecule has 1 aromatic carbocycles. The number of hydrogen-bond acceptors (Lipinski definition) is 3. The third-order valence-electron chi connectivity index (χ3n) is 1.57. The van der Waals surface area contributed by atoms with E-state index in [0.717, 1.165) is 0 Å². The SMILES string of the molecule is O=[N+]([O-])c1cc(Cl)c(S)cc1C(F)(F)F. The minimum absolute atomic E-state index is 0.158. The highest BCUT2D eigenvalue weighted by atomic mass is 35.5. The molecule has 0 aliphatic rings. The Bertz CT molecular complexity index is 421. The first-order valence-electron chi connectivity index (χ1n) is 3.47. The molecule has 1 rings (SSSR count). The molecule has 0 saturated carbocycles. The van der Waals surface area contributed by atoms with Crippen molar-refractivity contribution in [1.29, 1.82) is 0 Å². The van der Waals surface area contributed by atoms with Gasteiger partial charge in [0.2, 0.25) is 0 Å². The van der Waals surface area contributed by atoms with Gasteiger partial charge in [0.1, 0.15) is 5.56 Å². The number of nitrogens with zero attached hydrogens (tertiary/aromatic N) is 1. The number of benzene rings is 1. The van der Waals surface area contributed by atoms with Gasteiger partial charge in [-0.25, -0.2) is 0 Å². The molecule has 0 aliphatic carbocycles. The highest BCUT2D eigenvalue weighted by Gasteiger charge is 2.38. The van der Waals surface area contributed by atoms with E-state index in [2.05, 4.69) is 12.6 Å². The Hall–Kier alpha value is -0.950. The van der Waals surface area contributed by atoms with Crippen LogP contribution in [0.3, 0.4) is 0 Å². The lowest BCUT2D eigenvalue weighted by atomic mass is 10.2. The van der Waals surface area contributed by atoms with E-state index in [9.17, 15) is 23.3 Å². The molecule has 0 atom stereocenters. The monoisotopic (exact) mass is 257 g/mol. The number of hydrogen-bond donors (Lipinski definition) is 1. The fourth-order valence-corrected chi connectivity index (χ4v) is 1.28. The zero-order valence-corrected chi connectivity index (χ0v) is 8.53. The normalized spacial score (nSPS) is 11.5. The van der Waals surface area contributed by atoms with Gasteiger partial charge in [-0.2, -0.15) is 13.2 Å². The Morgan fingerprint density at radius 1 is 1.40 bits per heavy atom. The summed E-state index contributed by atoms with van der Waals surface area (Å²) >= 11 is 9.09. The molecular weight excluding hydrogens is 255 g/mol. The highest BCUT2D eigenvalue weighted by Crippen LogP contribution is 2.39. The average Bonchev–Trinajstić information content (AvgIpc) is 2.06. The predicted molar refractivity (Wildman–Crippen MR) is 50.4 cm³/mol. The minimum atomic E-state index is -4.80. The Balaban J connectivity index is 3.49. The van der Waals surface area contributed by atoms with Gasteiger partial charge >= 0.3 is 6.18 Å². The van der Waals surface area contributed by atoms with Crippen molar-refractivity contribution in [2.45, 2.75) is 11.1 Å². The summed E-state index contributed by atoms with van der Waals surface area (Å²) in [4.78, 5) is 9.06. The Kier molecular flexibility index (Phi) is 3.15. The molecule has 0 radical (unpaired) electrons. The fraction of sp³-hybridized carbons (Fsp3) is 0.143. The van der Waals surface area contributed by atoms with E-state index in [1.54, 1.807) is 0 Å². The third kappa shape index (κ3) is 2.54. The second-order valence-corrected chi connectivity index (χ2v) is 3.46. The minimum Gasteiger partial charge on any atom is -0.258 e.